The molecule has 2 heterocycles. The maximum absolute atomic E-state index is 11.9. The lowest BCUT2D eigenvalue weighted by molar-refractivity contribution is 0.102. The molecule has 3 rings (SSSR count). The number of amides is 1. The lowest BCUT2D eigenvalue weighted by atomic mass is 10.2. The fourth-order valence-corrected chi connectivity index (χ4v) is 2.10. The first-order valence-electron chi connectivity index (χ1n) is 6.13. The second-order valence-corrected chi connectivity index (χ2v) is 4.71. The number of hydrogen-bond donors (Lipinski definition) is 1. The third-order valence-corrected chi connectivity index (χ3v) is 3.39. The molecular formula is C13H15N3O2. The average Bonchev–Trinajstić information content (AvgIpc) is 2.90. The first-order chi connectivity index (χ1) is 8.75. The molecule has 0 saturated heterocycles. The van der Waals surface area contributed by atoms with Crippen LogP contribution in [-0.4, -0.2) is 15.7 Å². The Morgan fingerprint density at radius 1 is 1.56 bits per heavy atom. The van der Waals surface area contributed by atoms with E-state index in [1.165, 1.54) is 25.4 Å². The van der Waals surface area contributed by atoms with Gasteiger partial charge < -0.3 is 9.73 Å². The molecule has 0 aliphatic heterocycles. The van der Waals surface area contributed by atoms with Crippen LogP contribution < -0.4 is 5.32 Å². The monoisotopic (exact) mass is 245 g/mol. The highest BCUT2D eigenvalue weighted by Gasteiger charge is 2.30. The molecule has 0 bridgehead atoms. The third kappa shape index (κ3) is 2.03. The van der Waals surface area contributed by atoms with Gasteiger partial charge >= 0.3 is 0 Å². The smallest absolute Gasteiger partial charge is 0.260 e. The number of furan rings is 1. The molecule has 1 aliphatic rings. The van der Waals surface area contributed by atoms with Gasteiger partial charge in [-0.3, -0.25) is 4.79 Å². The van der Waals surface area contributed by atoms with Gasteiger partial charge in [-0.1, -0.05) is 0 Å². The molecule has 18 heavy (non-hydrogen) atoms. The first kappa shape index (κ1) is 11.1. The highest BCUT2D eigenvalue weighted by atomic mass is 16.3. The summed E-state index contributed by atoms with van der Waals surface area (Å²) in [5.41, 5.74) is 0.516. The Balaban J connectivity index is 1.76. The molecule has 0 spiro atoms. The van der Waals surface area contributed by atoms with Gasteiger partial charge in [-0.05, 0) is 31.7 Å². The van der Waals surface area contributed by atoms with Crippen molar-refractivity contribution in [3.05, 3.63) is 36.4 Å². The van der Waals surface area contributed by atoms with Crippen LogP contribution in [0, 0.1) is 5.92 Å². The Bertz CT molecular complexity index is 540. The summed E-state index contributed by atoms with van der Waals surface area (Å²) >= 11 is 0. The van der Waals surface area contributed by atoms with E-state index in [2.05, 4.69) is 17.3 Å². The molecule has 0 aromatic carbocycles. The van der Waals surface area contributed by atoms with Gasteiger partial charge in [0.1, 0.15) is 12.1 Å². The normalized spacial score (nSPS) is 16.5. The van der Waals surface area contributed by atoms with Crippen LogP contribution in [0.5, 0.6) is 0 Å². The van der Waals surface area contributed by atoms with E-state index in [0.717, 1.165) is 5.82 Å². The molecule has 5 heteroatoms. The van der Waals surface area contributed by atoms with Crippen LogP contribution in [0.2, 0.25) is 0 Å². The van der Waals surface area contributed by atoms with E-state index < -0.39 is 0 Å². The number of nitrogens with zero attached hydrogens (tertiary/aromatic N) is 2. The first-order valence-corrected chi connectivity index (χ1v) is 6.13. The van der Waals surface area contributed by atoms with Gasteiger partial charge in [-0.15, -0.1) is 0 Å². The molecule has 2 aromatic heterocycles. The summed E-state index contributed by atoms with van der Waals surface area (Å²) in [6.07, 6.45) is 7.12. The van der Waals surface area contributed by atoms with E-state index in [4.69, 9.17) is 4.42 Å². The van der Waals surface area contributed by atoms with Crippen molar-refractivity contribution in [3.8, 4) is 0 Å². The fourth-order valence-electron chi connectivity index (χ4n) is 2.10. The quantitative estimate of drug-likeness (QED) is 0.900. The Morgan fingerprint density at radius 3 is 3.06 bits per heavy atom. The summed E-state index contributed by atoms with van der Waals surface area (Å²) in [5, 5.41) is 7.15. The van der Waals surface area contributed by atoms with Crippen molar-refractivity contribution in [3.63, 3.8) is 0 Å². The second-order valence-electron chi connectivity index (χ2n) is 4.71. The summed E-state index contributed by atoms with van der Waals surface area (Å²) < 4.78 is 6.78. The summed E-state index contributed by atoms with van der Waals surface area (Å²) in [4.78, 5) is 11.9. The maximum atomic E-state index is 11.9. The average molecular weight is 245 g/mol. The van der Waals surface area contributed by atoms with Crippen molar-refractivity contribution in [1.82, 2.24) is 9.78 Å². The molecule has 0 radical (unpaired) electrons. The predicted molar refractivity (Wildman–Crippen MR) is 66.3 cm³/mol. The zero-order valence-corrected chi connectivity index (χ0v) is 10.2. The molecule has 1 atom stereocenters. The van der Waals surface area contributed by atoms with Crippen LogP contribution in [0.15, 0.2) is 35.3 Å². The summed E-state index contributed by atoms with van der Waals surface area (Å²) in [5.74, 6) is 1.25. The van der Waals surface area contributed by atoms with E-state index in [-0.39, 0.29) is 5.91 Å². The van der Waals surface area contributed by atoms with Crippen LogP contribution in [-0.2, 0) is 0 Å². The van der Waals surface area contributed by atoms with Crippen LogP contribution in [0.1, 0.15) is 36.2 Å². The standard InChI is InChI=1S/C13H15N3O2/c1-9(10-2-3-10)16-12(4-6-14-16)15-13(17)11-5-7-18-8-11/h4-10H,2-3H2,1H3,(H,15,17). The highest BCUT2D eigenvalue weighted by molar-refractivity contribution is 6.03. The molecular weight excluding hydrogens is 230 g/mol. The van der Waals surface area contributed by atoms with Crippen LogP contribution in [0.4, 0.5) is 5.82 Å². The zero-order valence-electron chi connectivity index (χ0n) is 10.2. The molecule has 5 nitrogen and oxygen atoms in total. The Morgan fingerprint density at radius 2 is 2.39 bits per heavy atom. The SMILES string of the molecule is CC(C1CC1)n1nccc1NC(=O)c1ccoc1. The minimum absolute atomic E-state index is 0.173. The van der Waals surface area contributed by atoms with Crippen molar-refractivity contribution >= 4 is 11.7 Å². The summed E-state index contributed by atoms with van der Waals surface area (Å²) in [6.45, 7) is 2.14. The predicted octanol–water partition coefficient (Wildman–Crippen LogP) is 2.70. The lowest BCUT2D eigenvalue weighted by Crippen LogP contribution is -2.18. The van der Waals surface area contributed by atoms with Crippen molar-refractivity contribution in [2.75, 3.05) is 5.32 Å². The van der Waals surface area contributed by atoms with Gasteiger partial charge in [0, 0.05) is 6.07 Å². The molecule has 94 valence electrons. The summed E-state index contributed by atoms with van der Waals surface area (Å²) in [7, 11) is 0. The zero-order chi connectivity index (χ0) is 12.5. The van der Waals surface area contributed by atoms with Gasteiger partial charge in [0.15, 0.2) is 0 Å². The van der Waals surface area contributed by atoms with Gasteiger partial charge in [-0.25, -0.2) is 4.68 Å². The lowest BCUT2D eigenvalue weighted by Gasteiger charge is -2.14. The minimum atomic E-state index is -0.173. The van der Waals surface area contributed by atoms with E-state index in [9.17, 15) is 4.79 Å². The second kappa shape index (κ2) is 4.33. The Hall–Kier alpha value is -2.04. The van der Waals surface area contributed by atoms with Gasteiger partial charge in [-0.2, -0.15) is 5.10 Å². The van der Waals surface area contributed by atoms with E-state index in [1.807, 2.05) is 10.7 Å². The minimum Gasteiger partial charge on any atom is -0.472 e. The number of anilines is 1. The third-order valence-electron chi connectivity index (χ3n) is 3.39. The van der Waals surface area contributed by atoms with E-state index in [0.29, 0.717) is 17.5 Å². The van der Waals surface area contributed by atoms with Crippen molar-refractivity contribution in [2.45, 2.75) is 25.8 Å². The van der Waals surface area contributed by atoms with Crippen LogP contribution >= 0.6 is 0 Å². The van der Waals surface area contributed by atoms with Gasteiger partial charge in [0.05, 0.1) is 24.1 Å². The van der Waals surface area contributed by atoms with E-state index in [1.54, 1.807) is 12.3 Å². The van der Waals surface area contributed by atoms with Crippen molar-refractivity contribution in [2.24, 2.45) is 5.92 Å². The van der Waals surface area contributed by atoms with E-state index >= 15 is 0 Å². The number of nitrogens with one attached hydrogen (secondary N) is 1. The molecule has 1 aliphatic carbocycles. The fraction of sp³-hybridized carbons (Fsp3) is 0.385. The van der Waals surface area contributed by atoms with Gasteiger partial charge in [0.25, 0.3) is 5.91 Å². The molecule has 2 aromatic rings. The van der Waals surface area contributed by atoms with Gasteiger partial charge in [0.2, 0.25) is 0 Å². The number of aromatic nitrogens is 2. The Labute approximate surface area is 105 Å². The topological polar surface area (TPSA) is 60.1 Å². The molecule has 1 N–H and O–H groups in total. The largest absolute Gasteiger partial charge is 0.472 e. The highest BCUT2D eigenvalue weighted by Crippen LogP contribution is 2.40. The molecule has 1 amide bonds. The number of rotatable bonds is 4. The van der Waals surface area contributed by atoms with Crippen molar-refractivity contribution < 1.29 is 9.21 Å². The Kier molecular flexibility index (Phi) is 2.66. The van der Waals surface area contributed by atoms with Crippen molar-refractivity contribution in [1.29, 1.82) is 0 Å². The number of carbonyl (C=O) groups is 1. The van der Waals surface area contributed by atoms with Crippen LogP contribution in [0.3, 0.4) is 0 Å². The molecule has 1 saturated carbocycles. The number of carbonyl (C=O) groups excluding carboxylic acids is 1. The molecule has 1 fully saturated rings. The molecule has 1 unspecified atom stereocenters. The summed E-state index contributed by atoms with van der Waals surface area (Å²) in [6, 6.07) is 3.79. The van der Waals surface area contributed by atoms with Crippen LogP contribution in [0.25, 0.3) is 0 Å². The number of hydrogen-bond acceptors (Lipinski definition) is 3. The maximum Gasteiger partial charge on any atom is 0.260 e.